The van der Waals surface area contributed by atoms with Crippen molar-refractivity contribution in [3.8, 4) is 6.07 Å². The number of benzene rings is 1. The number of hydrogen-bond donors (Lipinski definition) is 0. The molecule has 0 saturated heterocycles. The molecule has 0 unspecified atom stereocenters. The van der Waals surface area contributed by atoms with Crippen molar-refractivity contribution in [2.24, 2.45) is 0 Å². The summed E-state index contributed by atoms with van der Waals surface area (Å²) in [6.45, 7) is 0. The van der Waals surface area contributed by atoms with Crippen LogP contribution in [0.5, 0.6) is 0 Å². The first-order valence-electron chi connectivity index (χ1n) is 4.78. The van der Waals surface area contributed by atoms with Gasteiger partial charge in [-0.3, -0.25) is 4.79 Å². The predicted octanol–water partition coefficient (Wildman–Crippen LogP) is 2.53. The summed E-state index contributed by atoms with van der Waals surface area (Å²) < 4.78 is 0. The lowest BCUT2D eigenvalue weighted by molar-refractivity contribution is -0.126. The lowest BCUT2D eigenvalue weighted by atomic mass is 9.65. The van der Waals surface area contributed by atoms with Crippen LogP contribution in [0.15, 0.2) is 29.2 Å². The van der Waals surface area contributed by atoms with Crippen molar-refractivity contribution in [1.29, 1.82) is 5.26 Å². The zero-order chi connectivity index (χ0) is 10.9. The molecule has 2 rings (SSSR count). The fourth-order valence-corrected chi connectivity index (χ4v) is 2.29. The summed E-state index contributed by atoms with van der Waals surface area (Å²) in [5.41, 5.74) is 0.441. The van der Waals surface area contributed by atoms with Gasteiger partial charge in [0.2, 0.25) is 0 Å². The number of ketones is 1. The summed E-state index contributed by atoms with van der Waals surface area (Å²) in [5, 5.41) is 9.13. The minimum Gasteiger partial charge on any atom is -0.300 e. The summed E-state index contributed by atoms with van der Waals surface area (Å²) in [4.78, 5) is 12.2. The maximum absolute atomic E-state index is 11.0. The Balaban J connectivity index is 2.29. The van der Waals surface area contributed by atoms with Crippen LogP contribution in [0.4, 0.5) is 0 Å². The van der Waals surface area contributed by atoms with Crippen LogP contribution < -0.4 is 0 Å². The van der Waals surface area contributed by atoms with Crippen LogP contribution in [0, 0.1) is 11.3 Å². The minimum atomic E-state index is -0.534. The van der Waals surface area contributed by atoms with Crippen molar-refractivity contribution < 1.29 is 4.79 Å². The summed E-state index contributed by atoms with van der Waals surface area (Å²) in [6.07, 6.45) is 2.77. The average Bonchev–Trinajstić information content (AvgIpc) is 2.25. The Morgan fingerprint density at radius 1 is 1.33 bits per heavy atom. The van der Waals surface area contributed by atoms with Crippen LogP contribution in [-0.2, 0) is 10.2 Å². The molecule has 1 fully saturated rings. The smallest absolute Gasteiger partial charge is 0.136 e. The molecule has 0 radical (unpaired) electrons. The average molecular weight is 217 g/mol. The van der Waals surface area contributed by atoms with Gasteiger partial charge in [0.05, 0.1) is 11.5 Å². The van der Waals surface area contributed by atoms with Crippen molar-refractivity contribution in [2.45, 2.75) is 23.2 Å². The monoisotopic (exact) mass is 217 g/mol. The van der Waals surface area contributed by atoms with Gasteiger partial charge in [-0.05, 0) is 24.0 Å². The molecule has 0 aliphatic heterocycles. The molecule has 0 heterocycles. The number of hydrogen-bond acceptors (Lipinski definition) is 3. The molecule has 1 aliphatic carbocycles. The third-order valence-corrected chi connectivity index (χ3v) is 3.60. The van der Waals surface area contributed by atoms with Crippen LogP contribution in [0.25, 0.3) is 0 Å². The van der Waals surface area contributed by atoms with Crippen LogP contribution in [0.3, 0.4) is 0 Å². The Bertz CT molecular complexity index is 422. The van der Waals surface area contributed by atoms with E-state index in [1.807, 2.05) is 30.5 Å². The van der Waals surface area contributed by atoms with Crippen LogP contribution in [-0.4, -0.2) is 12.0 Å². The number of nitrogens with zero attached hydrogens (tertiary/aromatic N) is 1. The van der Waals surface area contributed by atoms with Gasteiger partial charge >= 0.3 is 0 Å². The minimum absolute atomic E-state index is 0.186. The van der Waals surface area contributed by atoms with Gasteiger partial charge < -0.3 is 0 Å². The SMILES string of the molecule is CSc1ccc(C2(C#N)CC(=O)C2)cc1. The van der Waals surface area contributed by atoms with E-state index in [4.69, 9.17) is 5.26 Å². The molecule has 0 atom stereocenters. The molecule has 1 saturated carbocycles. The topological polar surface area (TPSA) is 40.9 Å². The first-order valence-corrected chi connectivity index (χ1v) is 6.00. The van der Waals surface area contributed by atoms with E-state index in [0.717, 1.165) is 5.56 Å². The number of carbonyl (C=O) groups excluding carboxylic acids is 1. The molecule has 0 amide bonds. The van der Waals surface area contributed by atoms with Gasteiger partial charge in [0, 0.05) is 17.7 Å². The Morgan fingerprint density at radius 2 is 1.93 bits per heavy atom. The molecule has 1 aromatic carbocycles. The zero-order valence-corrected chi connectivity index (χ0v) is 9.30. The number of thioether (sulfide) groups is 1. The normalized spacial score (nSPS) is 18.0. The highest BCUT2D eigenvalue weighted by atomic mass is 32.2. The van der Waals surface area contributed by atoms with Crippen molar-refractivity contribution in [1.82, 2.24) is 0 Å². The maximum atomic E-state index is 11.0. The molecule has 0 N–H and O–H groups in total. The second-order valence-corrected chi connectivity index (χ2v) is 4.69. The summed E-state index contributed by atoms with van der Waals surface area (Å²) >= 11 is 1.67. The van der Waals surface area contributed by atoms with E-state index >= 15 is 0 Å². The molecular weight excluding hydrogens is 206 g/mol. The summed E-state index contributed by atoms with van der Waals surface area (Å²) in [6, 6.07) is 10.2. The maximum Gasteiger partial charge on any atom is 0.136 e. The number of rotatable bonds is 2. The van der Waals surface area contributed by atoms with Gasteiger partial charge in [0.15, 0.2) is 0 Å². The van der Waals surface area contributed by atoms with E-state index in [0.29, 0.717) is 12.8 Å². The van der Waals surface area contributed by atoms with Gasteiger partial charge in [-0.1, -0.05) is 12.1 Å². The van der Waals surface area contributed by atoms with Gasteiger partial charge in [0.1, 0.15) is 5.78 Å². The van der Waals surface area contributed by atoms with E-state index in [-0.39, 0.29) is 5.78 Å². The largest absolute Gasteiger partial charge is 0.300 e. The molecule has 15 heavy (non-hydrogen) atoms. The molecule has 2 nitrogen and oxygen atoms in total. The predicted molar refractivity (Wildman–Crippen MR) is 59.8 cm³/mol. The quantitative estimate of drug-likeness (QED) is 0.715. The molecule has 3 heteroatoms. The van der Waals surface area contributed by atoms with Gasteiger partial charge in [-0.2, -0.15) is 5.26 Å². The van der Waals surface area contributed by atoms with Crippen molar-refractivity contribution in [2.75, 3.05) is 6.26 Å². The summed E-state index contributed by atoms with van der Waals surface area (Å²) in [5.74, 6) is 0.186. The highest BCUT2D eigenvalue weighted by molar-refractivity contribution is 7.98. The fraction of sp³-hybridized carbons (Fsp3) is 0.333. The van der Waals surface area contributed by atoms with Crippen LogP contribution >= 0.6 is 11.8 Å². The van der Waals surface area contributed by atoms with Gasteiger partial charge in [-0.15, -0.1) is 11.8 Å². The number of nitriles is 1. The van der Waals surface area contributed by atoms with E-state index < -0.39 is 5.41 Å². The Labute approximate surface area is 93.3 Å². The second kappa shape index (κ2) is 3.71. The van der Waals surface area contributed by atoms with E-state index in [1.54, 1.807) is 11.8 Å². The molecule has 1 aliphatic rings. The highest BCUT2D eigenvalue weighted by Crippen LogP contribution is 2.40. The van der Waals surface area contributed by atoms with E-state index in [2.05, 4.69) is 6.07 Å². The number of Topliss-reactive ketones (excluding diaryl/α,β-unsaturated/α-hetero) is 1. The van der Waals surface area contributed by atoms with Gasteiger partial charge in [-0.25, -0.2) is 0 Å². The lowest BCUT2D eigenvalue weighted by Gasteiger charge is -2.34. The molecule has 76 valence electrons. The molecule has 0 aromatic heterocycles. The summed E-state index contributed by atoms with van der Waals surface area (Å²) in [7, 11) is 0. The highest BCUT2D eigenvalue weighted by Gasteiger charge is 2.45. The van der Waals surface area contributed by atoms with Crippen LogP contribution in [0.2, 0.25) is 0 Å². The number of carbonyl (C=O) groups is 1. The molecule has 1 aromatic rings. The molecule has 0 bridgehead atoms. The first-order chi connectivity index (χ1) is 7.20. The second-order valence-electron chi connectivity index (χ2n) is 3.81. The first kappa shape index (κ1) is 10.3. The standard InChI is InChI=1S/C12H11NOS/c1-15-11-4-2-9(3-5-11)12(8-13)6-10(14)7-12/h2-5H,6-7H2,1H3. The van der Waals surface area contributed by atoms with E-state index in [9.17, 15) is 4.79 Å². The Kier molecular flexibility index (Phi) is 2.54. The zero-order valence-electron chi connectivity index (χ0n) is 8.49. The van der Waals surface area contributed by atoms with Crippen LogP contribution in [0.1, 0.15) is 18.4 Å². The van der Waals surface area contributed by atoms with Crippen molar-refractivity contribution in [3.05, 3.63) is 29.8 Å². The lowest BCUT2D eigenvalue weighted by Crippen LogP contribution is -2.40. The fourth-order valence-electron chi connectivity index (χ4n) is 1.88. The van der Waals surface area contributed by atoms with Crippen molar-refractivity contribution >= 4 is 17.5 Å². The third-order valence-electron chi connectivity index (χ3n) is 2.85. The third kappa shape index (κ3) is 1.66. The Morgan fingerprint density at radius 3 is 2.33 bits per heavy atom. The van der Waals surface area contributed by atoms with Crippen molar-refractivity contribution in [3.63, 3.8) is 0 Å². The molecule has 0 spiro atoms. The van der Waals surface area contributed by atoms with Gasteiger partial charge in [0.25, 0.3) is 0 Å². The van der Waals surface area contributed by atoms with E-state index in [1.165, 1.54) is 4.90 Å². The molecular formula is C12H11NOS. The Hall–Kier alpha value is -1.27.